The van der Waals surface area contributed by atoms with Gasteiger partial charge in [0.25, 0.3) is 5.91 Å². The van der Waals surface area contributed by atoms with E-state index in [9.17, 15) is 9.59 Å². The van der Waals surface area contributed by atoms with Gasteiger partial charge in [-0.15, -0.1) is 0 Å². The summed E-state index contributed by atoms with van der Waals surface area (Å²) in [7, 11) is 1.80. The Labute approximate surface area is 134 Å². The fourth-order valence-electron chi connectivity index (χ4n) is 2.17. The molecule has 0 saturated heterocycles. The van der Waals surface area contributed by atoms with Crippen LogP contribution < -0.4 is 5.32 Å². The molecule has 1 atom stereocenters. The van der Waals surface area contributed by atoms with Crippen LogP contribution in [0.15, 0.2) is 22.8 Å². The molecule has 0 radical (unpaired) electrons. The smallest absolute Gasteiger partial charge is 0.307 e. The number of hydrogen-bond acceptors (Lipinski definition) is 5. The summed E-state index contributed by atoms with van der Waals surface area (Å²) in [6.07, 6.45) is 1.28. The van der Waals surface area contributed by atoms with Gasteiger partial charge in [-0.2, -0.15) is 5.10 Å². The number of aromatic nitrogens is 2. The van der Waals surface area contributed by atoms with Gasteiger partial charge in [0.1, 0.15) is 5.76 Å². The van der Waals surface area contributed by atoms with Crippen LogP contribution in [0.3, 0.4) is 0 Å². The third kappa shape index (κ3) is 4.21. The highest BCUT2D eigenvalue weighted by Gasteiger charge is 2.20. The van der Waals surface area contributed by atoms with Gasteiger partial charge in [-0.3, -0.25) is 14.3 Å². The summed E-state index contributed by atoms with van der Waals surface area (Å²) in [5.74, 6) is -0.111. The van der Waals surface area contributed by atoms with E-state index in [0.717, 1.165) is 11.4 Å². The second-order valence-electron chi connectivity index (χ2n) is 5.37. The Balaban J connectivity index is 1.85. The molecule has 2 heterocycles. The second-order valence-corrected chi connectivity index (χ2v) is 5.37. The summed E-state index contributed by atoms with van der Waals surface area (Å²) >= 11 is 0. The third-order valence-electron chi connectivity index (χ3n) is 3.59. The van der Waals surface area contributed by atoms with Crippen LogP contribution in [-0.4, -0.2) is 27.8 Å². The predicted octanol–water partition coefficient (Wildman–Crippen LogP) is 2.13. The number of hydrogen-bond donors (Lipinski definition) is 1. The van der Waals surface area contributed by atoms with Gasteiger partial charge in [0.2, 0.25) is 0 Å². The van der Waals surface area contributed by atoms with E-state index in [2.05, 4.69) is 10.4 Å². The Hall–Kier alpha value is -2.57. The maximum absolute atomic E-state index is 12.2. The highest BCUT2D eigenvalue weighted by Crippen LogP contribution is 2.18. The summed E-state index contributed by atoms with van der Waals surface area (Å²) in [6, 6.07) is 3.55. The zero-order valence-electron chi connectivity index (χ0n) is 13.8. The van der Waals surface area contributed by atoms with E-state index in [1.54, 1.807) is 37.0 Å². The summed E-state index contributed by atoms with van der Waals surface area (Å²) in [6.45, 7) is 5.21. The summed E-state index contributed by atoms with van der Waals surface area (Å²) in [4.78, 5) is 23.9. The molecule has 0 spiro atoms. The molecule has 2 aromatic rings. The number of ether oxygens (including phenoxy) is 1. The monoisotopic (exact) mass is 319 g/mol. The Morgan fingerprint density at radius 3 is 2.74 bits per heavy atom. The van der Waals surface area contributed by atoms with Gasteiger partial charge < -0.3 is 14.5 Å². The average Bonchev–Trinajstić information content (AvgIpc) is 3.09. The van der Waals surface area contributed by atoms with Crippen molar-refractivity contribution in [3.05, 3.63) is 35.5 Å². The molecular weight excluding hydrogens is 298 g/mol. The molecule has 0 aliphatic rings. The minimum absolute atomic E-state index is 0.163. The van der Waals surface area contributed by atoms with Crippen LogP contribution in [0.2, 0.25) is 0 Å². The molecule has 1 amide bonds. The molecule has 2 aromatic heterocycles. The molecule has 1 N–H and O–H groups in total. The van der Waals surface area contributed by atoms with Crippen LogP contribution in [0.25, 0.3) is 0 Å². The van der Waals surface area contributed by atoms with Crippen LogP contribution in [0.4, 0.5) is 5.69 Å². The van der Waals surface area contributed by atoms with Crippen molar-refractivity contribution >= 4 is 17.6 Å². The lowest BCUT2D eigenvalue weighted by Crippen LogP contribution is -2.30. The van der Waals surface area contributed by atoms with Crippen LogP contribution >= 0.6 is 0 Å². The normalized spacial score (nSPS) is 12.0. The van der Waals surface area contributed by atoms with Crippen molar-refractivity contribution in [3.63, 3.8) is 0 Å². The van der Waals surface area contributed by atoms with Crippen LogP contribution in [0, 0.1) is 13.8 Å². The molecule has 23 heavy (non-hydrogen) atoms. The van der Waals surface area contributed by atoms with Gasteiger partial charge in [0.15, 0.2) is 6.10 Å². The van der Waals surface area contributed by atoms with Crippen molar-refractivity contribution < 1.29 is 18.7 Å². The molecule has 124 valence electrons. The molecule has 7 heteroatoms. The molecular formula is C16H21N3O4. The number of esters is 1. The number of anilines is 1. The molecule has 1 unspecified atom stereocenters. The minimum Gasteiger partial charge on any atom is -0.469 e. The number of amides is 1. The zero-order chi connectivity index (χ0) is 17.0. The number of rotatable bonds is 6. The lowest BCUT2D eigenvalue weighted by atomic mass is 10.2. The van der Waals surface area contributed by atoms with Gasteiger partial charge >= 0.3 is 5.97 Å². The van der Waals surface area contributed by atoms with Gasteiger partial charge in [0, 0.05) is 13.5 Å². The highest BCUT2D eigenvalue weighted by atomic mass is 16.5. The molecule has 0 aliphatic carbocycles. The first-order chi connectivity index (χ1) is 10.9. The van der Waals surface area contributed by atoms with Crippen molar-refractivity contribution in [1.29, 1.82) is 0 Å². The Morgan fingerprint density at radius 1 is 1.43 bits per heavy atom. The molecule has 2 rings (SSSR count). The van der Waals surface area contributed by atoms with Crippen molar-refractivity contribution in [2.45, 2.75) is 39.7 Å². The molecule has 0 aliphatic heterocycles. The molecule has 0 bridgehead atoms. The first-order valence-electron chi connectivity index (χ1n) is 7.41. The van der Waals surface area contributed by atoms with E-state index in [0.29, 0.717) is 17.9 Å². The lowest BCUT2D eigenvalue weighted by Gasteiger charge is -2.13. The number of carbonyl (C=O) groups excluding carboxylic acids is 2. The summed E-state index contributed by atoms with van der Waals surface area (Å²) in [5.41, 5.74) is 2.21. The maximum Gasteiger partial charge on any atom is 0.307 e. The standard InChI is InChI=1S/C16H21N3O4/c1-10-15(11(2)19(4)18-10)17-16(21)12(3)23-14(20)8-7-13-6-5-9-22-13/h5-6,9,12H,7-8H2,1-4H3,(H,17,21). The third-order valence-corrected chi connectivity index (χ3v) is 3.59. The van der Waals surface area contributed by atoms with Gasteiger partial charge in [0.05, 0.1) is 29.8 Å². The van der Waals surface area contributed by atoms with Crippen molar-refractivity contribution in [3.8, 4) is 0 Å². The fourth-order valence-corrected chi connectivity index (χ4v) is 2.17. The summed E-state index contributed by atoms with van der Waals surface area (Å²) in [5, 5.41) is 6.98. The first-order valence-corrected chi connectivity index (χ1v) is 7.41. The lowest BCUT2D eigenvalue weighted by molar-refractivity contribution is -0.153. The largest absolute Gasteiger partial charge is 0.469 e. The van der Waals surface area contributed by atoms with Gasteiger partial charge in [-0.1, -0.05) is 0 Å². The van der Waals surface area contributed by atoms with Crippen LogP contribution in [0.1, 0.15) is 30.5 Å². The first kappa shape index (κ1) is 16.8. The Bertz CT molecular complexity index is 688. The van der Waals surface area contributed by atoms with Crippen molar-refractivity contribution in [2.75, 3.05) is 5.32 Å². The minimum atomic E-state index is -0.877. The van der Waals surface area contributed by atoms with E-state index in [-0.39, 0.29) is 12.3 Å². The van der Waals surface area contributed by atoms with Crippen molar-refractivity contribution in [1.82, 2.24) is 9.78 Å². The number of nitrogens with zero attached hydrogens (tertiary/aromatic N) is 2. The van der Waals surface area contributed by atoms with Crippen LogP contribution in [0.5, 0.6) is 0 Å². The van der Waals surface area contributed by atoms with E-state index in [4.69, 9.17) is 9.15 Å². The second kappa shape index (κ2) is 7.13. The van der Waals surface area contributed by atoms with E-state index in [1.807, 2.05) is 13.8 Å². The van der Waals surface area contributed by atoms with E-state index < -0.39 is 12.1 Å². The number of furan rings is 1. The molecule has 0 saturated carbocycles. The van der Waals surface area contributed by atoms with Gasteiger partial charge in [-0.05, 0) is 32.9 Å². The number of aryl methyl sites for hydroxylation is 3. The topological polar surface area (TPSA) is 86.4 Å². The molecule has 0 fully saturated rings. The van der Waals surface area contributed by atoms with E-state index >= 15 is 0 Å². The maximum atomic E-state index is 12.2. The quantitative estimate of drug-likeness (QED) is 0.824. The fraction of sp³-hybridized carbons (Fsp3) is 0.438. The summed E-state index contributed by atoms with van der Waals surface area (Å²) < 4.78 is 12.0. The average molecular weight is 319 g/mol. The Morgan fingerprint density at radius 2 is 2.17 bits per heavy atom. The van der Waals surface area contributed by atoms with E-state index in [1.165, 1.54) is 0 Å². The molecule has 0 aromatic carbocycles. The zero-order valence-corrected chi connectivity index (χ0v) is 13.8. The number of nitrogens with one attached hydrogen (secondary N) is 1. The van der Waals surface area contributed by atoms with Crippen molar-refractivity contribution in [2.24, 2.45) is 7.05 Å². The SMILES string of the molecule is Cc1nn(C)c(C)c1NC(=O)C(C)OC(=O)CCc1ccco1. The predicted molar refractivity (Wildman–Crippen MR) is 83.9 cm³/mol. The highest BCUT2D eigenvalue weighted by molar-refractivity contribution is 5.96. The van der Waals surface area contributed by atoms with Crippen LogP contribution in [-0.2, 0) is 27.8 Å². The Kier molecular flexibility index (Phi) is 5.20. The van der Waals surface area contributed by atoms with Gasteiger partial charge in [-0.25, -0.2) is 0 Å². The number of carbonyl (C=O) groups is 2. The molecule has 7 nitrogen and oxygen atoms in total.